The first-order valence-electron chi connectivity index (χ1n) is 6.57. The summed E-state index contributed by atoms with van der Waals surface area (Å²) in [6.07, 6.45) is 0.646. The van der Waals surface area contributed by atoms with Crippen LogP contribution in [0, 0.1) is 56.7 Å². The largest absolute Gasteiger partial charge is 0.846 e. The lowest BCUT2D eigenvalue weighted by Crippen LogP contribution is -2.27. The Morgan fingerprint density at radius 1 is 1.08 bits per heavy atom. The molecule has 2 N–H and O–H groups in total. The van der Waals surface area contributed by atoms with Crippen LogP contribution in [0.4, 0.5) is 5.82 Å². The monoisotopic (exact) mass is 317 g/mol. The van der Waals surface area contributed by atoms with E-state index in [0.29, 0.717) is 6.42 Å². The van der Waals surface area contributed by atoms with Gasteiger partial charge in [-0.2, -0.15) is 26.3 Å². The van der Waals surface area contributed by atoms with Crippen molar-refractivity contribution in [2.24, 2.45) is 4.99 Å². The van der Waals surface area contributed by atoms with Gasteiger partial charge in [0.05, 0.1) is 17.3 Å². The fraction of sp³-hybridized carbons (Fsp3) is 0.200. The fourth-order valence-electron chi connectivity index (χ4n) is 1.74. The summed E-state index contributed by atoms with van der Waals surface area (Å²) >= 11 is 0. The minimum atomic E-state index is -0.728. The van der Waals surface area contributed by atoms with Gasteiger partial charge < -0.3 is 15.4 Å². The highest BCUT2D eigenvalue weighted by atomic mass is 16.3. The average molecular weight is 317 g/mol. The number of aromatic nitrogens is 1. The van der Waals surface area contributed by atoms with Crippen LogP contribution in [0.15, 0.2) is 10.6 Å². The highest BCUT2D eigenvalue weighted by molar-refractivity contribution is 5.92. The van der Waals surface area contributed by atoms with Crippen molar-refractivity contribution in [3.8, 4) is 30.3 Å². The molecule has 0 radical (unpaired) electrons. The maximum absolute atomic E-state index is 11.7. The Morgan fingerprint density at radius 3 is 2.17 bits per heavy atom. The second-order valence-electron chi connectivity index (χ2n) is 4.25. The van der Waals surface area contributed by atoms with Crippen molar-refractivity contribution < 1.29 is 5.11 Å². The molecule has 1 aromatic rings. The number of allylic oxidation sites excluding steroid dienone is 2. The van der Waals surface area contributed by atoms with Gasteiger partial charge in [-0.05, 0) is 6.42 Å². The Hall–Kier alpha value is -4.26. The third-order valence-electron chi connectivity index (χ3n) is 2.77. The first kappa shape index (κ1) is 17.8. The van der Waals surface area contributed by atoms with Crippen molar-refractivity contribution in [3.05, 3.63) is 22.4 Å². The minimum absolute atomic E-state index is 0.128. The molecular weight excluding hydrogens is 308 g/mol. The van der Waals surface area contributed by atoms with E-state index in [1.54, 1.807) is 30.3 Å². The van der Waals surface area contributed by atoms with Gasteiger partial charge in [-0.15, -0.1) is 0 Å². The van der Waals surface area contributed by atoms with Gasteiger partial charge in [-0.25, -0.2) is 0 Å². The Balaban J connectivity index is 3.59. The van der Waals surface area contributed by atoms with E-state index in [9.17, 15) is 20.9 Å². The number of amidine groups is 1. The van der Waals surface area contributed by atoms with Crippen LogP contribution in [0.1, 0.15) is 30.2 Å². The van der Waals surface area contributed by atoms with Crippen molar-refractivity contribution in [1.29, 1.82) is 26.3 Å². The van der Waals surface area contributed by atoms with E-state index >= 15 is 0 Å². The number of H-pyrrole nitrogens is 1. The molecule has 9 heteroatoms. The van der Waals surface area contributed by atoms with E-state index in [1.165, 1.54) is 0 Å². The number of aliphatic imine (C=N–C) groups is 1. The topological polar surface area (TPSA) is 182 Å². The summed E-state index contributed by atoms with van der Waals surface area (Å²) in [7, 11) is 0. The molecule has 0 fully saturated rings. The van der Waals surface area contributed by atoms with Gasteiger partial charge >= 0.3 is 0 Å². The number of nitriles is 5. The maximum Gasteiger partial charge on any atom is 0.149 e. The summed E-state index contributed by atoms with van der Waals surface area (Å²) in [5.41, 5.74) is -1.55. The zero-order chi connectivity index (χ0) is 18.1. The molecule has 1 rings (SSSR count). The lowest BCUT2D eigenvalue weighted by Gasteiger charge is -2.12. The second-order valence-corrected chi connectivity index (χ2v) is 4.25. The normalized spacial score (nSPS) is 9.58. The Morgan fingerprint density at radius 2 is 1.71 bits per heavy atom. The van der Waals surface area contributed by atoms with E-state index < -0.39 is 11.6 Å². The molecule has 0 aliphatic heterocycles. The summed E-state index contributed by atoms with van der Waals surface area (Å²) in [5.74, 6) is -0.128. The molecule has 0 aliphatic carbocycles. The van der Waals surface area contributed by atoms with Crippen LogP contribution in [0.5, 0.6) is 0 Å². The van der Waals surface area contributed by atoms with Gasteiger partial charge in [-0.1, -0.05) is 6.92 Å². The highest BCUT2D eigenvalue weighted by Crippen LogP contribution is 2.28. The van der Waals surface area contributed by atoms with Crippen LogP contribution in [0.25, 0.3) is 5.57 Å². The summed E-state index contributed by atoms with van der Waals surface area (Å²) in [6, 6.07) is 7.49. The molecule has 0 bridgehead atoms. The van der Waals surface area contributed by atoms with Crippen molar-refractivity contribution in [2.45, 2.75) is 13.3 Å². The van der Waals surface area contributed by atoms with Crippen LogP contribution in [-0.4, -0.2) is 17.6 Å². The van der Waals surface area contributed by atoms with Crippen LogP contribution in [0.3, 0.4) is 0 Å². The molecule has 0 saturated carbocycles. The number of nitrogens with zero attached hydrogens (tertiary/aromatic N) is 6. The molecular formula is C15H9N8O-. The third kappa shape index (κ3) is 3.49. The molecule has 0 amide bonds. The molecule has 0 aromatic carbocycles. The van der Waals surface area contributed by atoms with Gasteiger partial charge in [0.2, 0.25) is 0 Å². The summed E-state index contributed by atoms with van der Waals surface area (Å²) in [6.45, 7) is 2.11. The SMILES string of the molecule is CCCN=C([O-])Nc1[nH]c(C(C#N)=C(C#N)C#N)c(C#N)c1C#N. The predicted molar refractivity (Wildman–Crippen MR) is 80.2 cm³/mol. The molecule has 0 aliphatic rings. The summed E-state index contributed by atoms with van der Waals surface area (Å²) in [4.78, 5) is 6.21. The minimum Gasteiger partial charge on any atom is -0.846 e. The van der Waals surface area contributed by atoms with Crippen LogP contribution in [0.2, 0.25) is 0 Å². The average Bonchev–Trinajstić information content (AvgIpc) is 2.94. The maximum atomic E-state index is 11.7. The molecule has 9 nitrogen and oxygen atoms in total. The molecule has 0 saturated heterocycles. The van der Waals surface area contributed by atoms with Gasteiger partial charge in [-0.3, -0.25) is 4.99 Å². The molecule has 24 heavy (non-hydrogen) atoms. The van der Waals surface area contributed by atoms with Crippen molar-refractivity contribution in [2.75, 3.05) is 11.9 Å². The van der Waals surface area contributed by atoms with E-state index in [2.05, 4.69) is 15.3 Å². The Labute approximate surface area is 137 Å². The smallest absolute Gasteiger partial charge is 0.149 e. The number of anilines is 1. The zero-order valence-corrected chi connectivity index (χ0v) is 12.5. The number of rotatable bonds is 4. The zero-order valence-electron chi connectivity index (χ0n) is 12.5. The number of aromatic amines is 1. The Kier molecular flexibility index (Phi) is 6.11. The first-order valence-corrected chi connectivity index (χ1v) is 6.57. The van der Waals surface area contributed by atoms with E-state index in [1.807, 2.05) is 6.92 Å². The van der Waals surface area contributed by atoms with Crippen LogP contribution < -0.4 is 10.4 Å². The van der Waals surface area contributed by atoms with Crippen LogP contribution >= 0.6 is 0 Å². The second kappa shape index (κ2) is 8.25. The highest BCUT2D eigenvalue weighted by Gasteiger charge is 2.22. The van der Waals surface area contributed by atoms with Crippen molar-refractivity contribution >= 4 is 17.4 Å². The molecule has 116 valence electrons. The van der Waals surface area contributed by atoms with Gasteiger partial charge in [0.1, 0.15) is 52.9 Å². The predicted octanol–water partition coefficient (Wildman–Crippen LogP) is 0.621. The standard InChI is InChI=1S/C15H10N8O/c1-2-3-21-15(24)23-14-12(8-20)11(7-19)13(22-14)10(6-18)9(4-16)5-17/h22H,2-3H2,1H3,(H2,21,23,24)/p-1. The lowest BCUT2D eigenvalue weighted by atomic mass is 10.0. The van der Waals surface area contributed by atoms with E-state index in [-0.39, 0.29) is 34.8 Å². The summed E-state index contributed by atoms with van der Waals surface area (Å²) < 4.78 is 0. The molecule has 1 aromatic heterocycles. The van der Waals surface area contributed by atoms with Crippen molar-refractivity contribution in [3.63, 3.8) is 0 Å². The van der Waals surface area contributed by atoms with Crippen molar-refractivity contribution in [1.82, 2.24) is 4.98 Å². The lowest BCUT2D eigenvalue weighted by molar-refractivity contribution is -0.214. The van der Waals surface area contributed by atoms with Gasteiger partial charge in [0.15, 0.2) is 0 Å². The number of nitrogens with one attached hydrogen (secondary N) is 2. The molecule has 0 unspecified atom stereocenters. The number of hydrogen-bond acceptors (Lipinski definition) is 7. The molecule has 1 heterocycles. The molecule has 0 atom stereocenters. The molecule has 0 spiro atoms. The quantitative estimate of drug-likeness (QED) is 0.463. The van der Waals surface area contributed by atoms with E-state index in [4.69, 9.17) is 10.5 Å². The fourth-order valence-corrected chi connectivity index (χ4v) is 1.74. The first-order chi connectivity index (χ1) is 11.6. The van der Waals surface area contributed by atoms with Gasteiger partial charge in [0.25, 0.3) is 0 Å². The Bertz CT molecular complexity index is 899. The summed E-state index contributed by atoms with van der Waals surface area (Å²) in [5, 5.41) is 59.4. The van der Waals surface area contributed by atoms with Gasteiger partial charge in [0, 0.05) is 6.54 Å². The number of hydrogen-bond donors (Lipinski definition) is 2. The van der Waals surface area contributed by atoms with Crippen LogP contribution in [-0.2, 0) is 0 Å². The third-order valence-corrected chi connectivity index (χ3v) is 2.77. The van der Waals surface area contributed by atoms with E-state index in [0.717, 1.165) is 0 Å².